The molecule has 2 rings (SSSR count). The standard InChI is InChI=1S/C15H17N.2C2H6/c1-3-7-14(8-4-1)11-12-16-13-15-9-5-2-6-10-15;2*1-2/h1-10,16H,11-13H2;2*1-2H3. The van der Waals surface area contributed by atoms with E-state index < -0.39 is 0 Å². The summed E-state index contributed by atoms with van der Waals surface area (Å²) in [6, 6.07) is 21.1. The van der Waals surface area contributed by atoms with E-state index in [9.17, 15) is 0 Å². The highest BCUT2D eigenvalue weighted by atomic mass is 14.8. The molecule has 0 heterocycles. The molecule has 0 saturated heterocycles. The number of nitrogens with one attached hydrogen (secondary N) is 1. The van der Waals surface area contributed by atoms with Crippen LogP contribution in [0.1, 0.15) is 38.8 Å². The zero-order valence-electron chi connectivity index (χ0n) is 13.4. The molecule has 20 heavy (non-hydrogen) atoms. The molecule has 2 aromatic rings. The van der Waals surface area contributed by atoms with Crippen LogP contribution in [-0.2, 0) is 13.0 Å². The van der Waals surface area contributed by atoms with E-state index in [1.54, 1.807) is 0 Å². The molecule has 0 aromatic heterocycles. The molecule has 0 atom stereocenters. The average molecular weight is 271 g/mol. The van der Waals surface area contributed by atoms with Crippen molar-refractivity contribution >= 4 is 0 Å². The third-order valence-corrected chi connectivity index (χ3v) is 2.61. The maximum Gasteiger partial charge on any atom is 0.0205 e. The van der Waals surface area contributed by atoms with E-state index in [1.807, 2.05) is 33.8 Å². The first-order chi connectivity index (χ1) is 9.95. The predicted octanol–water partition coefficient (Wildman–Crippen LogP) is 5.07. The topological polar surface area (TPSA) is 12.0 Å². The minimum absolute atomic E-state index is 0.952. The van der Waals surface area contributed by atoms with Crippen molar-refractivity contribution in [2.24, 2.45) is 0 Å². The summed E-state index contributed by atoms with van der Waals surface area (Å²) in [5.74, 6) is 0. The van der Waals surface area contributed by atoms with Crippen molar-refractivity contribution in [3.05, 3.63) is 71.8 Å². The summed E-state index contributed by atoms with van der Waals surface area (Å²) in [6.07, 6.45) is 1.09. The number of rotatable bonds is 5. The highest BCUT2D eigenvalue weighted by Gasteiger charge is 1.92. The zero-order chi connectivity index (χ0) is 15.1. The molecular weight excluding hydrogens is 242 g/mol. The van der Waals surface area contributed by atoms with Gasteiger partial charge in [0.25, 0.3) is 0 Å². The fraction of sp³-hybridized carbons (Fsp3) is 0.368. The van der Waals surface area contributed by atoms with Gasteiger partial charge < -0.3 is 5.32 Å². The van der Waals surface area contributed by atoms with Crippen LogP contribution in [0.3, 0.4) is 0 Å². The fourth-order valence-corrected chi connectivity index (χ4v) is 1.71. The number of hydrogen-bond donors (Lipinski definition) is 1. The van der Waals surface area contributed by atoms with Crippen LogP contribution in [0, 0.1) is 0 Å². The lowest BCUT2D eigenvalue weighted by Gasteiger charge is -2.04. The summed E-state index contributed by atoms with van der Waals surface area (Å²) in [7, 11) is 0. The SMILES string of the molecule is CC.CC.c1ccc(CCNCc2ccccc2)cc1. The van der Waals surface area contributed by atoms with Crippen molar-refractivity contribution in [3.8, 4) is 0 Å². The minimum Gasteiger partial charge on any atom is -0.312 e. The molecule has 0 aliphatic carbocycles. The molecule has 1 N–H and O–H groups in total. The molecule has 1 nitrogen and oxygen atoms in total. The Hall–Kier alpha value is -1.60. The lowest BCUT2D eigenvalue weighted by atomic mass is 10.1. The quantitative estimate of drug-likeness (QED) is 0.748. The molecule has 0 radical (unpaired) electrons. The van der Waals surface area contributed by atoms with E-state index in [-0.39, 0.29) is 0 Å². The van der Waals surface area contributed by atoms with Crippen molar-refractivity contribution in [1.82, 2.24) is 5.32 Å². The first-order valence-electron chi connectivity index (χ1n) is 7.74. The van der Waals surface area contributed by atoms with Gasteiger partial charge in [-0.2, -0.15) is 0 Å². The number of hydrogen-bond acceptors (Lipinski definition) is 1. The van der Waals surface area contributed by atoms with E-state index in [1.165, 1.54) is 11.1 Å². The molecule has 0 spiro atoms. The fourth-order valence-electron chi connectivity index (χ4n) is 1.71. The summed E-state index contributed by atoms with van der Waals surface area (Å²) >= 11 is 0. The molecule has 0 saturated carbocycles. The second kappa shape index (κ2) is 13.8. The van der Waals surface area contributed by atoms with Crippen LogP contribution in [0.4, 0.5) is 0 Å². The highest BCUT2D eigenvalue weighted by molar-refractivity contribution is 5.16. The monoisotopic (exact) mass is 271 g/mol. The van der Waals surface area contributed by atoms with Crippen LogP contribution in [0.25, 0.3) is 0 Å². The summed E-state index contributed by atoms with van der Waals surface area (Å²) in [6.45, 7) is 9.98. The van der Waals surface area contributed by atoms with Crippen LogP contribution in [0.5, 0.6) is 0 Å². The van der Waals surface area contributed by atoms with Crippen LogP contribution in [-0.4, -0.2) is 6.54 Å². The van der Waals surface area contributed by atoms with E-state index in [2.05, 4.69) is 59.9 Å². The van der Waals surface area contributed by atoms with Crippen molar-refractivity contribution in [3.63, 3.8) is 0 Å². The zero-order valence-corrected chi connectivity index (χ0v) is 13.4. The Balaban J connectivity index is 0.000000829. The largest absolute Gasteiger partial charge is 0.312 e. The van der Waals surface area contributed by atoms with Crippen LogP contribution >= 0.6 is 0 Å². The first kappa shape index (κ1) is 18.4. The van der Waals surface area contributed by atoms with Gasteiger partial charge in [0, 0.05) is 6.54 Å². The van der Waals surface area contributed by atoms with Crippen LogP contribution < -0.4 is 5.32 Å². The lowest BCUT2D eigenvalue weighted by molar-refractivity contribution is 0.687. The van der Waals surface area contributed by atoms with Crippen molar-refractivity contribution in [2.75, 3.05) is 6.54 Å². The third-order valence-electron chi connectivity index (χ3n) is 2.61. The maximum atomic E-state index is 3.45. The van der Waals surface area contributed by atoms with Gasteiger partial charge in [0.15, 0.2) is 0 Å². The van der Waals surface area contributed by atoms with Gasteiger partial charge in [0.1, 0.15) is 0 Å². The van der Waals surface area contributed by atoms with Gasteiger partial charge in [-0.3, -0.25) is 0 Å². The van der Waals surface area contributed by atoms with E-state index in [0.717, 1.165) is 19.5 Å². The molecule has 0 bridgehead atoms. The number of benzene rings is 2. The molecule has 2 aromatic carbocycles. The normalized spacial score (nSPS) is 8.80. The molecule has 110 valence electrons. The van der Waals surface area contributed by atoms with Gasteiger partial charge in [0.2, 0.25) is 0 Å². The first-order valence-corrected chi connectivity index (χ1v) is 7.74. The third kappa shape index (κ3) is 8.49. The van der Waals surface area contributed by atoms with Crippen LogP contribution in [0.2, 0.25) is 0 Å². The Morgan fingerprint density at radius 3 is 1.60 bits per heavy atom. The van der Waals surface area contributed by atoms with Crippen molar-refractivity contribution in [1.29, 1.82) is 0 Å². The highest BCUT2D eigenvalue weighted by Crippen LogP contribution is 2.00. The molecule has 0 fully saturated rings. The Morgan fingerprint density at radius 1 is 0.650 bits per heavy atom. The van der Waals surface area contributed by atoms with Crippen molar-refractivity contribution < 1.29 is 0 Å². The van der Waals surface area contributed by atoms with Crippen molar-refractivity contribution in [2.45, 2.75) is 40.7 Å². The molecule has 0 amide bonds. The van der Waals surface area contributed by atoms with E-state index in [4.69, 9.17) is 0 Å². The average Bonchev–Trinajstić information content (AvgIpc) is 2.57. The maximum absolute atomic E-state index is 3.45. The molecule has 0 aliphatic heterocycles. The molecule has 0 unspecified atom stereocenters. The van der Waals surface area contributed by atoms with Gasteiger partial charge in [-0.05, 0) is 24.1 Å². The van der Waals surface area contributed by atoms with E-state index >= 15 is 0 Å². The minimum atomic E-state index is 0.952. The van der Waals surface area contributed by atoms with Gasteiger partial charge in [-0.25, -0.2) is 0 Å². The smallest absolute Gasteiger partial charge is 0.0205 e. The Morgan fingerprint density at radius 2 is 1.10 bits per heavy atom. The van der Waals surface area contributed by atoms with Gasteiger partial charge in [-0.15, -0.1) is 0 Å². The van der Waals surface area contributed by atoms with Gasteiger partial charge >= 0.3 is 0 Å². The van der Waals surface area contributed by atoms with Gasteiger partial charge in [0.05, 0.1) is 0 Å². The Kier molecular flexibility index (Phi) is 12.7. The van der Waals surface area contributed by atoms with E-state index in [0.29, 0.717) is 0 Å². The van der Waals surface area contributed by atoms with Crippen LogP contribution in [0.15, 0.2) is 60.7 Å². The summed E-state index contributed by atoms with van der Waals surface area (Å²) in [5.41, 5.74) is 2.73. The predicted molar refractivity (Wildman–Crippen MR) is 91.0 cm³/mol. The molecular formula is C19H29N. The Bertz CT molecular complexity index is 353. The lowest BCUT2D eigenvalue weighted by Crippen LogP contribution is -2.16. The molecule has 1 heteroatoms. The summed E-state index contributed by atoms with van der Waals surface area (Å²) in [4.78, 5) is 0. The Labute approximate surface area is 125 Å². The second-order valence-electron chi connectivity index (χ2n) is 3.90. The van der Waals surface area contributed by atoms with Gasteiger partial charge in [-0.1, -0.05) is 88.4 Å². The second-order valence-corrected chi connectivity index (χ2v) is 3.90. The summed E-state index contributed by atoms with van der Waals surface area (Å²) < 4.78 is 0. The molecule has 0 aliphatic rings. The summed E-state index contributed by atoms with van der Waals surface area (Å²) in [5, 5.41) is 3.45.